The molecule has 206 valence electrons. The third-order valence-corrected chi connectivity index (χ3v) is 14.3. The van der Waals surface area contributed by atoms with Gasteiger partial charge in [-0.1, -0.05) is 146 Å². The molecular weight excluding hydrogens is 547 g/mol. The van der Waals surface area contributed by atoms with Crippen LogP contribution in [0, 0.1) is 0 Å². The van der Waals surface area contributed by atoms with Crippen LogP contribution in [0.25, 0.3) is 49.7 Å². The van der Waals surface area contributed by atoms with E-state index in [2.05, 4.69) is 180 Å². The zero-order valence-electron chi connectivity index (χ0n) is 24.2. The first-order valence-electron chi connectivity index (χ1n) is 15.3. The largest absolute Gasteiger partial charge is 0.309 e. The number of hydrogen-bond acceptors (Lipinski definition) is 0. The summed E-state index contributed by atoms with van der Waals surface area (Å²) in [5, 5.41) is 8.36. The average Bonchev–Trinajstić information content (AvgIpc) is 3.59. The van der Waals surface area contributed by atoms with Crippen LogP contribution in [-0.2, 0) is 0 Å². The normalized spacial score (nSPS) is 13.2. The van der Waals surface area contributed by atoms with Crippen LogP contribution in [0.3, 0.4) is 0 Å². The molecule has 0 radical (unpaired) electrons. The molecule has 1 aromatic heterocycles. The van der Waals surface area contributed by atoms with E-state index in [0.29, 0.717) is 0 Å². The van der Waals surface area contributed by atoms with Gasteiger partial charge in [0, 0.05) is 16.5 Å². The molecule has 44 heavy (non-hydrogen) atoms. The lowest BCUT2D eigenvalue weighted by atomic mass is 9.99. The molecule has 1 aliphatic rings. The van der Waals surface area contributed by atoms with Gasteiger partial charge in [-0.15, -0.1) is 0 Å². The van der Waals surface area contributed by atoms with Gasteiger partial charge in [0.2, 0.25) is 0 Å². The highest BCUT2D eigenvalue weighted by Crippen LogP contribution is 2.36. The zero-order chi connectivity index (χ0) is 29.1. The second kappa shape index (κ2) is 9.80. The molecule has 0 saturated heterocycles. The first kappa shape index (κ1) is 25.1. The Morgan fingerprint density at radius 1 is 0.364 bits per heavy atom. The van der Waals surface area contributed by atoms with E-state index in [1.165, 1.54) is 70.5 Å². The van der Waals surface area contributed by atoms with E-state index in [-0.39, 0.29) is 0 Å². The first-order chi connectivity index (χ1) is 21.8. The SMILES string of the molecule is c1ccc(-n2c3ccccc3c3cc(-c4ccc5c(c4)[Si](c4ccccc4)(c4ccccc4)c4ccccc4-5)ccc32)cc1. The molecule has 8 aromatic rings. The summed E-state index contributed by atoms with van der Waals surface area (Å²) in [6.45, 7) is 0. The van der Waals surface area contributed by atoms with Crippen molar-refractivity contribution >= 4 is 50.6 Å². The Hall–Kier alpha value is -5.44. The minimum atomic E-state index is -2.53. The van der Waals surface area contributed by atoms with Crippen molar-refractivity contribution in [3.8, 4) is 27.9 Å². The van der Waals surface area contributed by atoms with Crippen LogP contribution in [0.1, 0.15) is 0 Å². The van der Waals surface area contributed by atoms with Gasteiger partial charge >= 0.3 is 0 Å². The van der Waals surface area contributed by atoms with Gasteiger partial charge < -0.3 is 4.57 Å². The maximum Gasteiger partial charge on any atom is 0.180 e. The van der Waals surface area contributed by atoms with Gasteiger partial charge in [-0.3, -0.25) is 0 Å². The minimum absolute atomic E-state index is 1.18. The van der Waals surface area contributed by atoms with E-state index in [0.717, 1.165) is 0 Å². The predicted molar refractivity (Wildman–Crippen MR) is 189 cm³/mol. The highest BCUT2D eigenvalue weighted by atomic mass is 28.3. The van der Waals surface area contributed by atoms with Crippen molar-refractivity contribution in [2.24, 2.45) is 0 Å². The fraction of sp³-hybridized carbons (Fsp3) is 0. The molecule has 0 fully saturated rings. The van der Waals surface area contributed by atoms with E-state index in [1.54, 1.807) is 0 Å². The third-order valence-electron chi connectivity index (χ3n) is 9.48. The second-order valence-electron chi connectivity index (χ2n) is 11.7. The summed E-state index contributed by atoms with van der Waals surface area (Å²) in [5.74, 6) is 0. The molecule has 0 N–H and O–H groups in total. The number of nitrogens with zero attached hydrogens (tertiary/aromatic N) is 1. The molecule has 0 saturated carbocycles. The van der Waals surface area contributed by atoms with Crippen LogP contribution < -0.4 is 20.7 Å². The molecule has 0 atom stereocenters. The van der Waals surface area contributed by atoms with E-state index >= 15 is 0 Å². The number of rotatable bonds is 4. The van der Waals surface area contributed by atoms with E-state index < -0.39 is 8.07 Å². The average molecular weight is 576 g/mol. The summed E-state index contributed by atoms with van der Waals surface area (Å²) in [6, 6.07) is 65.3. The van der Waals surface area contributed by atoms with Gasteiger partial charge in [0.05, 0.1) is 11.0 Å². The Morgan fingerprint density at radius 2 is 0.909 bits per heavy atom. The number of para-hydroxylation sites is 2. The molecule has 2 heterocycles. The van der Waals surface area contributed by atoms with Gasteiger partial charge in [0.1, 0.15) is 0 Å². The Morgan fingerprint density at radius 3 is 1.66 bits per heavy atom. The predicted octanol–water partition coefficient (Wildman–Crippen LogP) is 7.81. The van der Waals surface area contributed by atoms with Crippen molar-refractivity contribution in [3.05, 3.63) is 176 Å². The van der Waals surface area contributed by atoms with Crippen molar-refractivity contribution < 1.29 is 0 Å². The molecular formula is C42H29NSi. The summed E-state index contributed by atoms with van der Waals surface area (Å²) < 4.78 is 2.39. The molecule has 0 amide bonds. The maximum atomic E-state index is 2.51. The van der Waals surface area contributed by atoms with E-state index in [9.17, 15) is 0 Å². The van der Waals surface area contributed by atoms with Crippen molar-refractivity contribution in [2.45, 2.75) is 0 Å². The number of fused-ring (bicyclic) bond motifs is 6. The lowest BCUT2D eigenvalue weighted by molar-refractivity contribution is 1.18. The van der Waals surface area contributed by atoms with Gasteiger partial charge in [-0.25, -0.2) is 0 Å². The molecule has 0 spiro atoms. The van der Waals surface area contributed by atoms with Crippen LogP contribution in [0.2, 0.25) is 0 Å². The van der Waals surface area contributed by atoms with Crippen molar-refractivity contribution in [1.29, 1.82) is 0 Å². The van der Waals surface area contributed by atoms with Crippen molar-refractivity contribution in [1.82, 2.24) is 4.57 Å². The standard InChI is InChI=1S/C42H29NSi/c1-4-14-32(15-5-1)43-39-22-12-10-20-35(39)38-28-30(25-27-40(38)43)31-24-26-37-36-21-11-13-23-41(36)44(42(37)29-31,33-16-6-2-7-17-33)34-18-8-3-9-19-34/h1-29H. The monoisotopic (exact) mass is 575 g/mol. The Kier molecular flexibility index (Phi) is 5.59. The minimum Gasteiger partial charge on any atom is -0.309 e. The molecule has 9 rings (SSSR count). The number of hydrogen-bond donors (Lipinski definition) is 0. The topological polar surface area (TPSA) is 4.93 Å². The molecule has 2 heteroatoms. The van der Waals surface area contributed by atoms with Gasteiger partial charge in [-0.05, 0) is 73.3 Å². The summed E-state index contributed by atoms with van der Waals surface area (Å²) in [6.07, 6.45) is 0. The van der Waals surface area contributed by atoms with Crippen LogP contribution >= 0.6 is 0 Å². The second-order valence-corrected chi connectivity index (χ2v) is 15.4. The van der Waals surface area contributed by atoms with Gasteiger partial charge in [-0.2, -0.15) is 0 Å². The molecule has 7 aromatic carbocycles. The van der Waals surface area contributed by atoms with Gasteiger partial charge in [0.25, 0.3) is 0 Å². The lowest BCUT2D eigenvalue weighted by Gasteiger charge is -2.31. The summed E-state index contributed by atoms with van der Waals surface area (Å²) in [7, 11) is -2.53. The van der Waals surface area contributed by atoms with Crippen LogP contribution in [-0.4, -0.2) is 12.6 Å². The third kappa shape index (κ3) is 3.52. The fourth-order valence-corrected chi connectivity index (χ4v) is 12.8. The Labute approximate surface area is 258 Å². The van der Waals surface area contributed by atoms with Crippen molar-refractivity contribution in [2.75, 3.05) is 0 Å². The smallest absolute Gasteiger partial charge is 0.180 e. The van der Waals surface area contributed by atoms with Crippen LogP contribution in [0.5, 0.6) is 0 Å². The Balaban J connectivity index is 1.31. The fourth-order valence-electron chi connectivity index (χ4n) is 7.63. The van der Waals surface area contributed by atoms with Crippen LogP contribution in [0.4, 0.5) is 0 Å². The summed E-state index contributed by atoms with van der Waals surface area (Å²) >= 11 is 0. The van der Waals surface area contributed by atoms with Gasteiger partial charge in [0.15, 0.2) is 8.07 Å². The van der Waals surface area contributed by atoms with Crippen molar-refractivity contribution in [3.63, 3.8) is 0 Å². The highest BCUT2D eigenvalue weighted by Gasteiger charge is 2.48. The molecule has 1 aliphatic heterocycles. The first-order valence-corrected chi connectivity index (χ1v) is 17.3. The van der Waals surface area contributed by atoms with E-state index in [4.69, 9.17) is 0 Å². The molecule has 0 bridgehead atoms. The Bertz CT molecular complexity index is 2280. The van der Waals surface area contributed by atoms with E-state index in [1.807, 2.05) is 0 Å². The molecule has 0 aliphatic carbocycles. The zero-order valence-corrected chi connectivity index (χ0v) is 25.2. The number of benzene rings is 7. The summed E-state index contributed by atoms with van der Waals surface area (Å²) in [5.41, 5.74) is 8.89. The highest BCUT2D eigenvalue weighted by molar-refractivity contribution is 7.22. The lowest BCUT2D eigenvalue weighted by Crippen LogP contribution is -2.72. The molecule has 0 unspecified atom stereocenters. The van der Waals surface area contributed by atoms with Crippen LogP contribution in [0.15, 0.2) is 176 Å². The number of aromatic nitrogens is 1. The quantitative estimate of drug-likeness (QED) is 0.189. The molecule has 1 nitrogen and oxygen atoms in total. The maximum absolute atomic E-state index is 2.53. The summed E-state index contributed by atoms with van der Waals surface area (Å²) in [4.78, 5) is 0.